The fraction of sp³-hybridized carbons (Fsp3) is 0.250. The Morgan fingerprint density at radius 3 is 2.94 bits per heavy atom. The van der Waals surface area contributed by atoms with Gasteiger partial charge in [0.25, 0.3) is 0 Å². The van der Waals surface area contributed by atoms with Gasteiger partial charge in [0.15, 0.2) is 0 Å². The van der Waals surface area contributed by atoms with Crippen molar-refractivity contribution in [3.05, 3.63) is 33.5 Å². The van der Waals surface area contributed by atoms with Crippen molar-refractivity contribution in [1.29, 1.82) is 0 Å². The van der Waals surface area contributed by atoms with Gasteiger partial charge in [-0.2, -0.15) is 4.91 Å². The Morgan fingerprint density at radius 1 is 1.50 bits per heavy atom. The number of hydrogen-bond donors (Lipinski definition) is 1. The van der Waals surface area contributed by atoms with Crippen LogP contribution in [0.5, 0.6) is 0 Å². The topological polar surface area (TPSA) is 81.8 Å². The smallest absolute Gasteiger partial charge is 0.350 e. The van der Waals surface area contributed by atoms with Crippen LogP contribution in [0.2, 0.25) is 0 Å². The van der Waals surface area contributed by atoms with Gasteiger partial charge in [0.2, 0.25) is 0 Å². The van der Waals surface area contributed by atoms with Crippen molar-refractivity contribution < 1.29 is 9.53 Å². The second-order valence-electron chi connectivity index (χ2n) is 3.68. The Morgan fingerprint density at radius 2 is 2.28 bits per heavy atom. The minimum atomic E-state index is -0.411. The van der Waals surface area contributed by atoms with Crippen molar-refractivity contribution >= 4 is 33.1 Å². The van der Waals surface area contributed by atoms with Gasteiger partial charge in [-0.25, -0.2) is 4.79 Å². The standard InChI is InChI=1S/C12H12N2O3S/c1-2-17-12(15)11-10(13)8-5-7(6-14-16)3-4-9(8)18-11/h3-5H,2,6,13H2,1H3. The maximum absolute atomic E-state index is 11.7. The number of ether oxygens (including phenoxy) is 1. The highest BCUT2D eigenvalue weighted by molar-refractivity contribution is 7.21. The molecule has 94 valence electrons. The van der Waals surface area contributed by atoms with Gasteiger partial charge in [-0.3, -0.25) is 0 Å². The number of rotatable bonds is 4. The van der Waals surface area contributed by atoms with Crippen LogP contribution in [0.4, 0.5) is 5.69 Å². The Kier molecular flexibility index (Phi) is 3.57. The van der Waals surface area contributed by atoms with Gasteiger partial charge in [-0.15, -0.1) is 11.3 Å². The fourth-order valence-corrected chi connectivity index (χ4v) is 2.68. The zero-order valence-electron chi connectivity index (χ0n) is 9.80. The molecule has 0 aliphatic rings. The lowest BCUT2D eigenvalue weighted by atomic mass is 10.1. The average Bonchev–Trinajstić information content (AvgIpc) is 2.68. The lowest BCUT2D eigenvalue weighted by Crippen LogP contribution is -2.04. The quantitative estimate of drug-likeness (QED) is 0.680. The van der Waals surface area contributed by atoms with Gasteiger partial charge >= 0.3 is 5.97 Å². The molecule has 0 aliphatic heterocycles. The Bertz CT molecular complexity index is 607. The van der Waals surface area contributed by atoms with E-state index < -0.39 is 5.97 Å². The number of nitroso groups, excluding NO2 is 1. The summed E-state index contributed by atoms with van der Waals surface area (Å²) in [5.41, 5.74) is 7.12. The summed E-state index contributed by atoms with van der Waals surface area (Å²) in [6.07, 6.45) is 0. The number of esters is 1. The predicted molar refractivity (Wildman–Crippen MR) is 71.7 cm³/mol. The molecule has 1 aromatic heterocycles. The normalized spacial score (nSPS) is 10.5. The minimum absolute atomic E-state index is 0.0972. The molecule has 2 N–H and O–H groups in total. The molecule has 0 unspecified atom stereocenters. The molecular formula is C12H12N2O3S. The molecule has 0 bridgehead atoms. The molecular weight excluding hydrogens is 252 g/mol. The maximum Gasteiger partial charge on any atom is 0.350 e. The molecule has 2 aromatic rings. The monoisotopic (exact) mass is 264 g/mol. The zero-order chi connectivity index (χ0) is 13.1. The summed E-state index contributed by atoms with van der Waals surface area (Å²) < 4.78 is 5.83. The molecule has 5 nitrogen and oxygen atoms in total. The molecule has 0 atom stereocenters. The van der Waals surface area contributed by atoms with Crippen molar-refractivity contribution in [3.63, 3.8) is 0 Å². The summed E-state index contributed by atoms with van der Waals surface area (Å²) in [4.78, 5) is 22.3. The van der Waals surface area contributed by atoms with E-state index in [2.05, 4.69) is 5.18 Å². The summed E-state index contributed by atoms with van der Waals surface area (Å²) in [6.45, 7) is 2.15. The fourth-order valence-electron chi connectivity index (χ4n) is 1.69. The number of thiophene rings is 1. The second-order valence-corrected chi connectivity index (χ2v) is 4.74. The highest BCUT2D eigenvalue weighted by atomic mass is 32.1. The molecule has 0 aliphatic carbocycles. The lowest BCUT2D eigenvalue weighted by Gasteiger charge is -1.99. The third-order valence-electron chi connectivity index (χ3n) is 2.50. The van der Waals surface area contributed by atoms with E-state index in [1.165, 1.54) is 11.3 Å². The lowest BCUT2D eigenvalue weighted by molar-refractivity contribution is 0.0533. The molecule has 0 saturated heterocycles. The highest BCUT2D eigenvalue weighted by Gasteiger charge is 2.17. The molecule has 6 heteroatoms. The summed E-state index contributed by atoms with van der Waals surface area (Å²) >= 11 is 1.29. The van der Waals surface area contributed by atoms with Gasteiger partial charge in [-0.05, 0) is 24.6 Å². The van der Waals surface area contributed by atoms with Crippen LogP contribution in [-0.4, -0.2) is 12.6 Å². The van der Waals surface area contributed by atoms with E-state index in [9.17, 15) is 9.70 Å². The highest BCUT2D eigenvalue weighted by Crippen LogP contribution is 2.34. The van der Waals surface area contributed by atoms with Crippen LogP contribution in [0.25, 0.3) is 10.1 Å². The Labute approximate surface area is 108 Å². The Balaban J connectivity index is 2.49. The van der Waals surface area contributed by atoms with Crippen LogP contribution in [0.3, 0.4) is 0 Å². The van der Waals surface area contributed by atoms with E-state index in [1.807, 2.05) is 6.07 Å². The molecule has 2 rings (SSSR count). The van der Waals surface area contributed by atoms with Crippen LogP contribution in [0.15, 0.2) is 23.4 Å². The van der Waals surface area contributed by atoms with Gasteiger partial charge < -0.3 is 10.5 Å². The number of nitrogens with zero attached hydrogens (tertiary/aromatic N) is 1. The number of hydrogen-bond acceptors (Lipinski definition) is 6. The number of nitrogens with two attached hydrogens (primary N) is 1. The van der Waals surface area contributed by atoms with E-state index >= 15 is 0 Å². The van der Waals surface area contributed by atoms with Crippen LogP contribution >= 0.6 is 11.3 Å². The summed E-state index contributed by atoms with van der Waals surface area (Å²) in [5, 5.41) is 3.60. The van der Waals surface area contributed by atoms with E-state index in [0.29, 0.717) is 17.2 Å². The average molecular weight is 264 g/mol. The molecule has 0 amide bonds. The van der Waals surface area contributed by atoms with Crippen molar-refractivity contribution in [1.82, 2.24) is 0 Å². The van der Waals surface area contributed by atoms with Crippen molar-refractivity contribution in [2.45, 2.75) is 13.5 Å². The summed E-state index contributed by atoms with van der Waals surface area (Å²) in [6, 6.07) is 5.42. The van der Waals surface area contributed by atoms with Gasteiger partial charge in [0.05, 0.1) is 12.3 Å². The van der Waals surface area contributed by atoms with E-state index in [0.717, 1.165) is 15.6 Å². The molecule has 18 heavy (non-hydrogen) atoms. The third kappa shape index (κ3) is 2.19. The number of carbonyl (C=O) groups is 1. The molecule has 0 spiro atoms. The largest absolute Gasteiger partial charge is 0.462 e. The zero-order valence-corrected chi connectivity index (χ0v) is 10.6. The minimum Gasteiger partial charge on any atom is -0.462 e. The predicted octanol–water partition coefficient (Wildman–Crippen LogP) is 2.93. The van der Waals surface area contributed by atoms with Crippen molar-refractivity contribution in [2.75, 3.05) is 12.3 Å². The van der Waals surface area contributed by atoms with E-state index in [4.69, 9.17) is 10.5 Å². The number of anilines is 1. The maximum atomic E-state index is 11.7. The SMILES string of the molecule is CCOC(=O)c1sc2ccc(CN=O)cc2c1N. The van der Waals surface area contributed by atoms with Crippen LogP contribution in [0.1, 0.15) is 22.2 Å². The first-order valence-electron chi connectivity index (χ1n) is 5.44. The first-order chi connectivity index (χ1) is 8.67. The molecule has 0 radical (unpaired) electrons. The van der Waals surface area contributed by atoms with Gasteiger partial charge in [-0.1, -0.05) is 11.2 Å². The first kappa shape index (κ1) is 12.5. The van der Waals surface area contributed by atoms with Gasteiger partial charge in [0, 0.05) is 10.1 Å². The van der Waals surface area contributed by atoms with Crippen molar-refractivity contribution in [3.8, 4) is 0 Å². The van der Waals surface area contributed by atoms with Crippen LogP contribution in [-0.2, 0) is 11.3 Å². The van der Waals surface area contributed by atoms with Gasteiger partial charge in [0.1, 0.15) is 11.4 Å². The third-order valence-corrected chi connectivity index (χ3v) is 3.67. The molecule has 1 heterocycles. The second kappa shape index (κ2) is 5.14. The van der Waals surface area contributed by atoms with E-state index in [1.54, 1.807) is 19.1 Å². The molecule has 0 saturated carbocycles. The summed E-state index contributed by atoms with van der Waals surface area (Å²) in [5.74, 6) is -0.411. The summed E-state index contributed by atoms with van der Waals surface area (Å²) in [7, 11) is 0. The molecule has 1 aromatic carbocycles. The van der Waals surface area contributed by atoms with Crippen LogP contribution < -0.4 is 5.73 Å². The van der Waals surface area contributed by atoms with Crippen molar-refractivity contribution in [2.24, 2.45) is 5.18 Å². The number of nitrogen functional groups attached to an aromatic ring is 1. The number of benzene rings is 1. The number of fused-ring (bicyclic) bond motifs is 1. The van der Waals surface area contributed by atoms with Crippen LogP contribution in [0, 0.1) is 4.91 Å². The first-order valence-corrected chi connectivity index (χ1v) is 6.26. The number of carbonyl (C=O) groups excluding carboxylic acids is 1. The Hall–Kier alpha value is -1.95. The van der Waals surface area contributed by atoms with E-state index in [-0.39, 0.29) is 6.54 Å². The molecule has 0 fully saturated rings.